The van der Waals surface area contributed by atoms with E-state index in [1.54, 1.807) is 19.2 Å². The van der Waals surface area contributed by atoms with Crippen molar-refractivity contribution in [1.29, 1.82) is 0 Å². The number of rotatable bonds is 10. The fourth-order valence-electron chi connectivity index (χ4n) is 2.66. The second kappa shape index (κ2) is 10.2. The van der Waals surface area contributed by atoms with Crippen LogP contribution in [-0.2, 0) is 0 Å². The van der Waals surface area contributed by atoms with E-state index in [1.807, 2.05) is 12.1 Å². The molecule has 1 aromatic rings. The van der Waals surface area contributed by atoms with Crippen molar-refractivity contribution in [3.05, 3.63) is 29.8 Å². The van der Waals surface area contributed by atoms with Crippen molar-refractivity contribution >= 4 is 5.91 Å². The second-order valence-corrected chi connectivity index (χ2v) is 5.86. The number of nitrogens with one attached hydrogen (secondary N) is 1. The maximum Gasteiger partial charge on any atom is 0.251 e. The molecule has 0 saturated carbocycles. The lowest BCUT2D eigenvalue weighted by molar-refractivity contribution is 0.0942. The highest BCUT2D eigenvalue weighted by Gasteiger charge is 2.13. The van der Waals surface area contributed by atoms with Crippen molar-refractivity contribution in [2.75, 3.05) is 33.8 Å². The number of carbonyl (C=O) groups is 1. The normalized spacial score (nSPS) is 12.2. The first kappa shape index (κ1) is 18.5. The molecule has 0 aliphatic carbocycles. The van der Waals surface area contributed by atoms with E-state index in [0.717, 1.165) is 44.6 Å². The van der Waals surface area contributed by atoms with Gasteiger partial charge in [0, 0.05) is 18.7 Å². The molecule has 1 unspecified atom stereocenters. The molecular weight excluding hydrogens is 276 g/mol. The number of hydrogen-bond donors (Lipinski definition) is 1. The molecule has 0 aliphatic rings. The van der Waals surface area contributed by atoms with Crippen LogP contribution in [0.3, 0.4) is 0 Å². The molecule has 0 spiro atoms. The largest absolute Gasteiger partial charge is 0.497 e. The monoisotopic (exact) mass is 306 g/mol. The van der Waals surface area contributed by atoms with E-state index in [9.17, 15) is 4.79 Å². The Morgan fingerprint density at radius 3 is 2.45 bits per heavy atom. The highest BCUT2D eigenvalue weighted by molar-refractivity contribution is 5.94. The molecule has 0 bridgehead atoms. The number of ether oxygens (including phenoxy) is 1. The summed E-state index contributed by atoms with van der Waals surface area (Å²) in [6, 6.07) is 7.22. The number of nitrogens with zero attached hydrogens (tertiary/aromatic N) is 1. The molecule has 0 fully saturated rings. The SMILES string of the molecule is CCCC(CNC(=O)c1ccc(OC)cc1)CN(C)CCC. The molecule has 0 radical (unpaired) electrons. The highest BCUT2D eigenvalue weighted by Crippen LogP contribution is 2.12. The lowest BCUT2D eigenvalue weighted by Crippen LogP contribution is -2.35. The maximum absolute atomic E-state index is 12.2. The first-order valence-corrected chi connectivity index (χ1v) is 8.21. The van der Waals surface area contributed by atoms with Gasteiger partial charge in [-0.25, -0.2) is 0 Å². The summed E-state index contributed by atoms with van der Waals surface area (Å²) in [5, 5.41) is 3.06. The molecule has 22 heavy (non-hydrogen) atoms. The summed E-state index contributed by atoms with van der Waals surface area (Å²) in [5.74, 6) is 1.26. The van der Waals surface area contributed by atoms with Crippen LogP contribution in [0.2, 0.25) is 0 Å². The average Bonchev–Trinajstić information content (AvgIpc) is 2.53. The third kappa shape index (κ3) is 6.48. The summed E-state index contributed by atoms with van der Waals surface area (Å²) < 4.78 is 5.11. The minimum atomic E-state index is -0.0121. The molecule has 1 aromatic carbocycles. The van der Waals surface area contributed by atoms with Crippen LogP contribution in [0.25, 0.3) is 0 Å². The molecule has 0 saturated heterocycles. The molecule has 0 aromatic heterocycles. The molecule has 0 heterocycles. The summed E-state index contributed by atoms with van der Waals surface area (Å²) in [5.41, 5.74) is 0.679. The van der Waals surface area contributed by atoms with E-state index in [2.05, 4.69) is 31.1 Å². The van der Waals surface area contributed by atoms with Gasteiger partial charge >= 0.3 is 0 Å². The Hall–Kier alpha value is -1.55. The van der Waals surface area contributed by atoms with Gasteiger partial charge in [-0.2, -0.15) is 0 Å². The van der Waals surface area contributed by atoms with Crippen molar-refractivity contribution in [2.24, 2.45) is 5.92 Å². The minimum absolute atomic E-state index is 0.0121. The van der Waals surface area contributed by atoms with E-state index in [1.165, 1.54) is 0 Å². The summed E-state index contributed by atoms with van der Waals surface area (Å²) in [7, 11) is 3.77. The van der Waals surface area contributed by atoms with Gasteiger partial charge in [-0.3, -0.25) is 4.79 Å². The molecule has 1 atom stereocenters. The Kier molecular flexibility index (Phi) is 8.60. The number of carbonyl (C=O) groups excluding carboxylic acids is 1. The van der Waals surface area contributed by atoms with Crippen molar-refractivity contribution in [1.82, 2.24) is 10.2 Å². The fraction of sp³-hybridized carbons (Fsp3) is 0.611. The van der Waals surface area contributed by atoms with Crippen LogP contribution in [0.1, 0.15) is 43.5 Å². The average molecular weight is 306 g/mol. The Balaban J connectivity index is 2.50. The number of benzene rings is 1. The number of hydrogen-bond acceptors (Lipinski definition) is 3. The fourth-order valence-corrected chi connectivity index (χ4v) is 2.66. The van der Waals surface area contributed by atoms with Gasteiger partial charge in [0.05, 0.1) is 7.11 Å². The van der Waals surface area contributed by atoms with Gasteiger partial charge in [0.25, 0.3) is 5.91 Å². The first-order valence-electron chi connectivity index (χ1n) is 8.21. The number of methoxy groups -OCH3 is 1. The standard InChI is InChI=1S/C18H30N2O2/c1-5-7-15(14-20(3)12-6-2)13-19-18(21)16-8-10-17(22-4)11-9-16/h8-11,15H,5-7,12-14H2,1-4H3,(H,19,21). The van der Waals surface area contributed by atoms with Gasteiger partial charge in [-0.05, 0) is 56.6 Å². The van der Waals surface area contributed by atoms with Crippen molar-refractivity contribution < 1.29 is 9.53 Å². The van der Waals surface area contributed by atoms with E-state index >= 15 is 0 Å². The van der Waals surface area contributed by atoms with Gasteiger partial charge in [0.2, 0.25) is 0 Å². The van der Waals surface area contributed by atoms with E-state index < -0.39 is 0 Å². The molecule has 4 heteroatoms. The van der Waals surface area contributed by atoms with E-state index in [-0.39, 0.29) is 5.91 Å². The quantitative estimate of drug-likeness (QED) is 0.722. The van der Waals surface area contributed by atoms with E-state index in [0.29, 0.717) is 11.5 Å². The van der Waals surface area contributed by atoms with Crippen LogP contribution >= 0.6 is 0 Å². The third-order valence-electron chi connectivity index (χ3n) is 3.78. The lowest BCUT2D eigenvalue weighted by atomic mass is 10.0. The van der Waals surface area contributed by atoms with Gasteiger partial charge < -0.3 is 15.0 Å². The first-order chi connectivity index (χ1) is 10.6. The summed E-state index contributed by atoms with van der Waals surface area (Å²) in [6.07, 6.45) is 3.44. The second-order valence-electron chi connectivity index (χ2n) is 5.86. The van der Waals surface area contributed by atoms with Crippen LogP contribution in [0.4, 0.5) is 0 Å². The summed E-state index contributed by atoms with van der Waals surface area (Å²) in [4.78, 5) is 14.5. The highest BCUT2D eigenvalue weighted by atomic mass is 16.5. The number of amides is 1. The van der Waals surface area contributed by atoms with Crippen LogP contribution < -0.4 is 10.1 Å². The predicted molar refractivity (Wildman–Crippen MR) is 91.5 cm³/mol. The summed E-state index contributed by atoms with van der Waals surface area (Å²) in [6.45, 7) is 7.25. The zero-order chi connectivity index (χ0) is 16.4. The molecule has 1 rings (SSSR count). The van der Waals surface area contributed by atoms with Crippen LogP contribution in [0.5, 0.6) is 5.75 Å². The topological polar surface area (TPSA) is 41.6 Å². The van der Waals surface area contributed by atoms with Gasteiger partial charge in [-0.1, -0.05) is 20.3 Å². The molecule has 0 aliphatic heterocycles. The minimum Gasteiger partial charge on any atom is -0.497 e. The van der Waals surface area contributed by atoms with Crippen LogP contribution in [0, 0.1) is 5.92 Å². The zero-order valence-electron chi connectivity index (χ0n) is 14.4. The van der Waals surface area contributed by atoms with Crippen molar-refractivity contribution in [3.8, 4) is 5.75 Å². The summed E-state index contributed by atoms with van der Waals surface area (Å²) >= 11 is 0. The van der Waals surface area contributed by atoms with Crippen LogP contribution in [0.15, 0.2) is 24.3 Å². The van der Waals surface area contributed by atoms with Gasteiger partial charge in [0.1, 0.15) is 5.75 Å². The predicted octanol–water partition coefficient (Wildman–Crippen LogP) is 3.18. The molecule has 1 amide bonds. The smallest absolute Gasteiger partial charge is 0.251 e. The molecular formula is C18H30N2O2. The van der Waals surface area contributed by atoms with Crippen molar-refractivity contribution in [2.45, 2.75) is 33.1 Å². The zero-order valence-corrected chi connectivity index (χ0v) is 14.4. The molecule has 124 valence electrons. The van der Waals surface area contributed by atoms with Gasteiger partial charge in [-0.15, -0.1) is 0 Å². The van der Waals surface area contributed by atoms with Crippen LogP contribution in [-0.4, -0.2) is 44.6 Å². The lowest BCUT2D eigenvalue weighted by Gasteiger charge is -2.23. The molecule has 4 nitrogen and oxygen atoms in total. The third-order valence-corrected chi connectivity index (χ3v) is 3.78. The Bertz CT molecular complexity index is 431. The molecule has 1 N–H and O–H groups in total. The van der Waals surface area contributed by atoms with Gasteiger partial charge in [0.15, 0.2) is 0 Å². The Labute approximate surface area is 134 Å². The van der Waals surface area contributed by atoms with Crippen molar-refractivity contribution in [3.63, 3.8) is 0 Å². The Morgan fingerprint density at radius 2 is 1.91 bits per heavy atom. The maximum atomic E-state index is 12.2. The van der Waals surface area contributed by atoms with E-state index in [4.69, 9.17) is 4.74 Å². The Morgan fingerprint density at radius 1 is 1.23 bits per heavy atom.